The van der Waals surface area contributed by atoms with Crippen LogP contribution in [0.1, 0.15) is 83.1 Å². The van der Waals surface area contributed by atoms with Crippen LogP contribution in [0.4, 0.5) is 0 Å². The third-order valence-electron chi connectivity index (χ3n) is 7.31. The Balaban J connectivity index is 5.18. The van der Waals surface area contributed by atoms with E-state index in [4.69, 9.17) is 0 Å². The first-order valence-corrected chi connectivity index (χ1v) is 8.17. The molecule has 0 aromatic rings. The molecule has 0 saturated heterocycles. The van der Waals surface area contributed by atoms with Gasteiger partial charge in [0.25, 0.3) is 0 Å². The Hall–Kier alpha value is 0. The van der Waals surface area contributed by atoms with Crippen molar-refractivity contribution in [3.05, 3.63) is 0 Å². The minimum atomic E-state index is 0.350. The Morgan fingerprint density at radius 3 is 1.21 bits per heavy atom. The van der Waals surface area contributed by atoms with Gasteiger partial charge in [0.05, 0.1) is 0 Å². The second-order valence-corrected chi connectivity index (χ2v) is 9.38. The minimum Gasteiger partial charge on any atom is -0.0623 e. The average molecular weight is 269 g/mol. The Labute approximate surface area is 123 Å². The molecule has 0 N–H and O–H groups in total. The lowest BCUT2D eigenvalue weighted by atomic mass is 9.55. The summed E-state index contributed by atoms with van der Waals surface area (Å²) in [6, 6.07) is 0. The summed E-state index contributed by atoms with van der Waals surface area (Å²) in [5, 5.41) is 0. The van der Waals surface area contributed by atoms with Crippen molar-refractivity contribution in [3.8, 4) is 0 Å². The van der Waals surface area contributed by atoms with Gasteiger partial charge in [-0.1, -0.05) is 83.1 Å². The quantitative estimate of drug-likeness (QED) is 0.523. The first kappa shape index (κ1) is 19.0. The standard InChI is InChI=1S/C19H40/c1-13(2)18(9,10)15(4)14(3)16(5)19(11,12)17(6,7)8/h13-16H,1-12H3. The molecule has 0 fully saturated rings. The average Bonchev–Trinajstić information content (AvgIpc) is 2.23. The first-order valence-electron chi connectivity index (χ1n) is 8.17. The van der Waals surface area contributed by atoms with Crippen LogP contribution in [0.2, 0.25) is 0 Å². The first-order chi connectivity index (χ1) is 8.17. The van der Waals surface area contributed by atoms with E-state index in [9.17, 15) is 0 Å². The van der Waals surface area contributed by atoms with E-state index in [2.05, 4.69) is 83.1 Å². The van der Waals surface area contributed by atoms with E-state index in [0.29, 0.717) is 16.2 Å². The zero-order valence-corrected chi connectivity index (χ0v) is 15.8. The highest BCUT2D eigenvalue weighted by atomic mass is 14.5. The summed E-state index contributed by atoms with van der Waals surface area (Å²) in [5.74, 6) is 2.94. The fourth-order valence-corrected chi connectivity index (χ4v) is 2.98. The smallest absolute Gasteiger partial charge is 0.0277 e. The van der Waals surface area contributed by atoms with Gasteiger partial charge in [0.2, 0.25) is 0 Å². The van der Waals surface area contributed by atoms with Crippen LogP contribution in [-0.4, -0.2) is 0 Å². The van der Waals surface area contributed by atoms with Gasteiger partial charge in [0, 0.05) is 0 Å². The Kier molecular flexibility index (Phi) is 5.78. The molecule has 0 aliphatic heterocycles. The van der Waals surface area contributed by atoms with Crippen molar-refractivity contribution < 1.29 is 0 Å². The third-order valence-corrected chi connectivity index (χ3v) is 7.31. The normalized spacial score (nSPS) is 19.4. The second kappa shape index (κ2) is 5.78. The fourth-order valence-electron chi connectivity index (χ4n) is 2.98. The molecule has 0 nitrogen and oxygen atoms in total. The van der Waals surface area contributed by atoms with E-state index in [1.54, 1.807) is 0 Å². The third kappa shape index (κ3) is 3.76. The van der Waals surface area contributed by atoms with Gasteiger partial charge in [-0.15, -0.1) is 0 Å². The summed E-state index contributed by atoms with van der Waals surface area (Å²) in [5.41, 5.74) is 1.11. The van der Waals surface area contributed by atoms with Gasteiger partial charge in [-0.3, -0.25) is 0 Å². The Morgan fingerprint density at radius 1 is 0.579 bits per heavy atom. The molecule has 0 amide bonds. The molecule has 19 heavy (non-hydrogen) atoms. The van der Waals surface area contributed by atoms with Gasteiger partial charge in [-0.05, 0) is 39.9 Å². The van der Waals surface area contributed by atoms with Crippen molar-refractivity contribution in [3.63, 3.8) is 0 Å². The molecule has 0 saturated carbocycles. The van der Waals surface area contributed by atoms with E-state index >= 15 is 0 Å². The van der Waals surface area contributed by atoms with Gasteiger partial charge in [0.15, 0.2) is 0 Å². The van der Waals surface area contributed by atoms with Gasteiger partial charge in [-0.2, -0.15) is 0 Å². The van der Waals surface area contributed by atoms with E-state index in [-0.39, 0.29) is 0 Å². The highest BCUT2D eigenvalue weighted by Gasteiger charge is 2.43. The van der Waals surface area contributed by atoms with Crippen LogP contribution < -0.4 is 0 Å². The second-order valence-electron chi connectivity index (χ2n) is 9.38. The summed E-state index contributed by atoms with van der Waals surface area (Å²) in [7, 11) is 0. The molecule has 0 aliphatic rings. The zero-order valence-electron chi connectivity index (χ0n) is 15.8. The molecule has 0 aromatic carbocycles. The number of hydrogen-bond donors (Lipinski definition) is 0. The molecule has 0 bridgehead atoms. The fraction of sp³-hybridized carbons (Fsp3) is 1.00. The predicted molar refractivity (Wildman–Crippen MR) is 89.3 cm³/mol. The van der Waals surface area contributed by atoms with Crippen molar-refractivity contribution in [2.24, 2.45) is 39.9 Å². The van der Waals surface area contributed by atoms with Crippen LogP contribution >= 0.6 is 0 Å². The van der Waals surface area contributed by atoms with Crippen molar-refractivity contribution in [2.75, 3.05) is 0 Å². The maximum Gasteiger partial charge on any atom is -0.0277 e. The van der Waals surface area contributed by atoms with Gasteiger partial charge in [-0.25, -0.2) is 0 Å². The lowest BCUT2D eigenvalue weighted by Gasteiger charge is -2.50. The molecule has 3 unspecified atom stereocenters. The van der Waals surface area contributed by atoms with Crippen molar-refractivity contribution in [2.45, 2.75) is 83.1 Å². The zero-order chi connectivity index (χ0) is 15.8. The summed E-state index contributed by atoms with van der Waals surface area (Å²) < 4.78 is 0. The molecule has 0 aromatic heterocycles. The molecule has 0 aliphatic carbocycles. The summed E-state index contributed by atoms with van der Waals surface area (Å²) in [6.07, 6.45) is 0. The van der Waals surface area contributed by atoms with Crippen LogP contribution in [0.15, 0.2) is 0 Å². The van der Waals surface area contributed by atoms with Gasteiger partial charge >= 0.3 is 0 Å². The van der Waals surface area contributed by atoms with Crippen molar-refractivity contribution in [1.29, 1.82) is 0 Å². The molecular formula is C19H40. The molecule has 0 heteroatoms. The van der Waals surface area contributed by atoms with Crippen LogP contribution in [0, 0.1) is 39.9 Å². The molecule has 0 heterocycles. The molecule has 3 atom stereocenters. The Bertz CT molecular complexity index is 275. The lowest BCUT2D eigenvalue weighted by molar-refractivity contribution is -0.0124. The largest absolute Gasteiger partial charge is 0.0623 e. The van der Waals surface area contributed by atoms with Crippen molar-refractivity contribution in [1.82, 2.24) is 0 Å². The van der Waals surface area contributed by atoms with Crippen LogP contribution in [-0.2, 0) is 0 Å². The predicted octanol–water partition coefficient (Wildman–Crippen LogP) is 6.65. The molecule has 0 radical (unpaired) electrons. The summed E-state index contributed by atoms with van der Waals surface area (Å²) in [4.78, 5) is 0. The highest BCUT2D eigenvalue weighted by molar-refractivity contribution is 4.92. The molecule has 116 valence electrons. The monoisotopic (exact) mass is 268 g/mol. The van der Waals surface area contributed by atoms with Crippen molar-refractivity contribution >= 4 is 0 Å². The van der Waals surface area contributed by atoms with E-state index in [1.807, 2.05) is 0 Å². The number of rotatable bonds is 5. The maximum atomic E-state index is 2.47. The van der Waals surface area contributed by atoms with Crippen LogP contribution in [0.5, 0.6) is 0 Å². The van der Waals surface area contributed by atoms with Crippen LogP contribution in [0.25, 0.3) is 0 Å². The summed E-state index contributed by atoms with van der Waals surface area (Å²) >= 11 is 0. The van der Waals surface area contributed by atoms with E-state index in [0.717, 1.165) is 23.7 Å². The number of hydrogen-bond acceptors (Lipinski definition) is 0. The lowest BCUT2D eigenvalue weighted by Crippen LogP contribution is -2.43. The van der Waals surface area contributed by atoms with Gasteiger partial charge < -0.3 is 0 Å². The Morgan fingerprint density at radius 2 is 0.947 bits per heavy atom. The minimum absolute atomic E-state index is 0.350. The highest BCUT2D eigenvalue weighted by Crippen LogP contribution is 2.51. The maximum absolute atomic E-state index is 2.47. The molecular weight excluding hydrogens is 228 g/mol. The van der Waals surface area contributed by atoms with E-state index < -0.39 is 0 Å². The van der Waals surface area contributed by atoms with E-state index in [1.165, 1.54) is 0 Å². The van der Waals surface area contributed by atoms with Crippen LogP contribution in [0.3, 0.4) is 0 Å². The summed E-state index contributed by atoms with van der Waals surface area (Å²) in [6.45, 7) is 29.0. The topological polar surface area (TPSA) is 0 Å². The van der Waals surface area contributed by atoms with Gasteiger partial charge in [0.1, 0.15) is 0 Å². The molecule has 0 spiro atoms. The molecule has 0 rings (SSSR count). The SMILES string of the molecule is CC(C(C)C(C)(C)C(C)C)C(C)C(C)(C)C(C)(C)C.